The van der Waals surface area contributed by atoms with Gasteiger partial charge in [-0.2, -0.15) is 0 Å². The monoisotopic (exact) mass is 370 g/mol. The van der Waals surface area contributed by atoms with E-state index in [1.54, 1.807) is 5.38 Å². The van der Waals surface area contributed by atoms with E-state index in [0.29, 0.717) is 11.4 Å². The Labute approximate surface area is 140 Å². The van der Waals surface area contributed by atoms with Crippen LogP contribution in [0.5, 0.6) is 0 Å². The maximum Gasteiger partial charge on any atom is 0.178 e. The molecular formula is C15H12F2N2O3S2. The average Bonchev–Trinajstić information content (AvgIpc) is 3.11. The van der Waals surface area contributed by atoms with E-state index in [0.717, 1.165) is 23.4 Å². The van der Waals surface area contributed by atoms with Gasteiger partial charge in [-0.25, -0.2) is 22.2 Å². The molecule has 0 fully saturated rings. The van der Waals surface area contributed by atoms with Crippen molar-refractivity contribution >= 4 is 21.2 Å². The Bertz CT molecular complexity index is 1010. The van der Waals surface area contributed by atoms with Crippen LogP contribution in [0.25, 0.3) is 22.5 Å². The van der Waals surface area contributed by atoms with Gasteiger partial charge in [0.1, 0.15) is 22.1 Å². The number of hydrogen-bond donors (Lipinski definition) is 0. The first-order chi connectivity index (χ1) is 11.3. The third-order valence-electron chi connectivity index (χ3n) is 3.37. The van der Waals surface area contributed by atoms with Crippen LogP contribution in [0.3, 0.4) is 0 Å². The molecule has 1 aromatic carbocycles. The average molecular weight is 370 g/mol. The third-order valence-corrected chi connectivity index (χ3v) is 5.27. The molecule has 0 amide bonds. The van der Waals surface area contributed by atoms with E-state index in [-0.39, 0.29) is 16.9 Å². The fourth-order valence-corrected chi connectivity index (χ4v) is 3.64. The van der Waals surface area contributed by atoms with E-state index in [4.69, 9.17) is 4.52 Å². The zero-order valence-corrected chi connectivity index (χ0v) is 14.3. The molecule has 2 heterocycles. The molecule has 2 aromatic heterocycles. The Morgan fingerprint density at radius 1 is 1.33 bits per heavy atom. The quantitative estimate of drug-likeness (QED) is 0.699. The van der Waals surface area contributed by atoms with Crippen molar-refractivity contribution in [3.63, 3.8) is 0 Å². The van der Waals surface area contributed by atoms with Gasteiger partial charge >= 0.3 is 0 Å². The normalized spacial score (nSPS) is 11.8. The van der Waals surface area contributed by atoms with Crippen molar-refractivity contribution in [3.05, 3.63) is 40.2 Å². The van der Waals surface area contributed by atoms with Gasteiger partial charge in [0.2, 0.25) is 0 Å². The summed E-state index contributed by atoms with van der Waals surface area (Å²) in [5.74, 6) is -0.983. The van der Waals surface area contributed by atoms with Crippen molar-refractivity contribution in [3.8, 4) is 22.5 Å². The Morgan fingerprint density at radius 2 is 2.08 bits per heavy atom. The number of hydrogen-bond acceptors (Lipinski definition) is 6. The van der Waals surface area contributed by atoms with E-state index in [2.05, 4.69) is 10.1 Å². The molecule has 0 saturated heterocycles. The number of nitrogens with zero attached hydrogens (tertiary/aromatic N) is 2. The molecule has 126 valence electrons. The summed E-state index contributed by atoms with van der Waals surface area (Å²) >= 11 is 1.39. The molecule has 24 heavy (non-hydrogen) atoms. The highest BCUT2D eigenvalue weighted by molar-refractivity contribution is 7.90. The summed E-state index contributed by atoms with van der Waals surface area (Å²) in [4.78, 5) is 3.86. The van der Waals surface area contributed by atoms with Crippen molar-refractivity contribution in [2.24, 2.45) is 0 Å². The fourth-order valence-electron chi connectivity index (χ4n) is 2.32. The zero-order valence-electron chi connectivity index (χ0n) is 12.7. The maximum atomic E-state index is 14.2. The summed E-state index contributed by atoms with van der Waals surface area (Å²) in [7, 11) is -3.69. The van der Waals surface area contributed by atoms with Gasteiger partial charge in [-0.3, -0.25) is 0 Å². The predicted molar refractivity (Wildman–Crippen MR) is 85.7 cm³/mol. The highest BCUT2D eigenvalue weighted by Gasteiger charge is 2.23. The van der Waals surface area contributed by atoms with Crippen LogP contribution in [0.2, 0.25) is 0 Å². The predicted octanol–water partition coefficient (Wildman–Crippen LogP) is 3.79. The number of benzene rings is 1. The van der Waals surface area contributed by atoms with Crippen LogP contribution < -0.4 is 0 Å². The molecule has 0 bridgehead atoms. The van der Waals surface area contributed by atoms with Gasteiger partial charge < -0.3 is 4.52 Å². The van der Waals surface area contributed by atoms with Crippen LogP contribution in [0.15, 0.2) is 33.0 Å². The Kier molecular flexibility index (Phi) is 4.22. The lowest BCUT2D eigenvalue weighted by molar-refractivity contribution is 0.332. The van der Waals surface area contributed by atoms with Gasteiger partial charge in [-0.05, 0) is 24.6 Å². The molecule has 0 atom stereocenters. The van der Waals surface area contributed by atoms with Crippen LogP contribution in [0.4, 0.5) is 8.78 Å². The fraction of sp³-hybridized carbons (Fsp3) is 0.200. The van der Waals surface area contributed by atoms with Crippen molar-refractivity contribution < 1.29 is 21.7 Å². The van der Waals surface area contributed by atoms with Crippen molar-refractivity contribution in [1.29, 1.82) is 0 Å². The molecule has 3 rings (SSSR count). The smallest absolute Gasteiger partial charge is 0.178 e. The summed E-state index contributed by atoms with van der Waals surface area (Å²) in [5, 5.41) is 6.36. The van der Waals surface area contributed by atoms with Crippen molar-refractivity contribution in [1.82, 2.24) is 10.1 Å². The number of thiazole rings is 1. The highest BCUT2D eigenvalue weighted by Crippen LogP contribution is 2.36. The molecule has 0 aliphatic carbocycles. The van der Waals surface area contributed by atoms with E-state index < -0.39 is 27.2 Å². The SMILES string of the molecule is Cc1nc(-c2noc(CF)c2-c2ccc(S(C)(=O)=O)c(F)c2)cs1. The van der Waals surface area contributed by atoms with Gasteiger partial charge in [0.15, 0.2) is 22.3 Å². The molecular weight excluding hydrogens is 358 g/mol. The Morgan fingerprint density at radius 3 is 2.62 bits per heavy atom. The standard InChI is InChI=1S/C15H12F2N2O3S2/c1-8-18-11(7-23-8)15-14(12(6-16)22-19-15)9-3-4-13(10(17)5-9)24(2,20)21/h3-5,7H,6H2,1-2H3. The van der Waals surface area contributed by atoms with Crippen molar-refractivity contribution in [2.45, 2.75) is 18.5 Å². The van der Waals surface area contributed by atoms with Crippen LogP contribution >= 0.6 is 11.3 Å². The maximum absolute atomic E-state index is 14.2. The summed E-state index contributed by atoms with van der Waals surface area (Å²) < 4.78 is 55.5. The van der Waals surface area contributed by atoms with E-state index in [1.807, 2.05) is 6.92 Å². The topological polar surface area (TPSA) is 73.1 Å². The number of aryl methyl sites for hydroxylation is 1. The second kappa shape index (κ2) is 6.06. The second-order valence-corrected chi connectivity index (χ2v) is 8.18. The molecule has 0 aliphatic rings. The van der Waals surface area contributed by atoms with Gasteiger partial charge in [0, 0.05) is 11.6 Å². The molecule has 0 aliphatic heterocycles. The third kappa shape index (κ3) is 2.96. The van der Waals surface area contributed by atoms with Crippen LogP contribution in [-0.2, 0) is 16.5 Å². The number of rotatable bonds is 4. The van der Waals surface area contributed by atoms with Crippen molar-refractivity contribution in [2.75, 3.05) is 6.26 Å². The zero-order chi connectivity index (χ0) is 17.5. The molecule has 0 unspecified atom stereocenters. The van der Waals surface area contributed by atoms with Gasteiger partial charge in [-0.1, -0.05) is 11.2 Å². The summed E-state index contributed by atoms with van der Waals surface area (Å²) in [6.07, 6.45) is 0.918. The highest BCUT2D eigenvalue weighted by atomic mass is 32.2. The number of aromatic nitrogens is 2. The van der Waals surface area contributed by atoms with Gasteiger partial charge in [-0.15, -0.1) is 11.3 Å². The molecule has 5 nitrogen and oxygen atoms in total. The summed E-state index contributed by atoms with van der Waals surface area (Å²) in [6.45, 7) is 0.880. The van der Waals surface area contributed by atoms with E-state index in [1.165, 1.54) is 17.4 Å². The number of halogens is 2. The second-order valence-electron chi connectivity index (χ2n) is 5.13. The van der Waals surface area contributed by atoms with Crippen LogP contribution in [0, 0.1) is 12.7 Å². The first kappa shape index (κ1) is 16.7. The first-order valence-electron chi connectivity index (χ1n) is 6.78. The minimum Gasteiger partial charge on any atom is -0.357 e. The molecule has 0 saturated carbocycles. The van der Waals surface area contributed by atoms with Crippen LogP contribution in [0.1, 0.15) is 10.8 Å². The van der Waals surface area contributed by atoms with Gasteiger partial charge in [0.25, 0.3) is 0 Å². The lowest BCUT2D eigenvalue weighted by atomic mass is 10.0. The van der Waals surface area contributed by atoms with Crippen LogP contribution in [-0.4, -0.2) is 24.8 Å². The van der Waals surface area contributed by atoms with E-state index in [9.17, 15) is 17.2 Å². The van der Waals surface area contributed by atoms with E-state index >= 15 is 0 Å². The molecule has 9 heteroatoms. The first-order valence-corrected chi connectivity index (χ1v) is 9.55. The summed E-state index contributed by atoms with van der Waals surface area (Å²) in [5.41, 5.74) is 1.32. The number of alkyl halides is 1. The minimum atomic E-state index is -3.69. The minimum absolute atomic E-state index is 0.0674. The lowest BCUT2D eigenvalue weighted by Crippen LogP contribution is -2.01. The molecule has 0 radical (unpaired) electrons. The number of sulfone groups is 1. The summed E-state index contributed by atoms with van der Waals surface area (Å²) in [6, 6.07) is 3.57. The lowest BCUT2D eigenvalue weighted by Gasteiger charge is -2.05. The molecule has 0 N–H and O–H groups in total. The Hall–Kier alpha value is -2.13. The largest absolute Gasteiger partial charge is 0.357 e. The molecule has 0 spiro atoms. The Balaban J connectivity index is 2.19. The van der Waals surface area contributed by atoms with Gasteiger partial charge in [0.05, 0.1) is 10.6 Å². The molecule has 3 aromatic rings.